The predicted octanol–water partition coefficient (Wildman–Crippen LogP) is 3.69. The number of halogens is 1. The van der Waals surface area contributed by atoms with E-state index in [-0.39, 0.29) is 23.8 Å². The van der Waals surface area contributed by atoms with E-state index >= 15 is 0 Å². The lowest BCUT2D eigenvalue weighted by Gasteiger charge is -2.09. The molecule has 2 aromatic rings. The van der Waals surface area contributed by atoms with Crippen LogP contribution in [-0.2, 0) is 0 Å². The summed E-state index contributed by atoms with van der Waals surface area (Å²) in [6, 6.07) is 5.74. The summed E-state index contributed by atoms with van der Waals surface area (Å²) in [7, 11) is 1.42. The Morgan fingerprint density at radius 3 is 2.71 bits per heavy atom. The van der Waals surface area contributed by atoms with Crippen LogP contribution >= 0.6 is 27.3 Å². The Labute approximate surface area is 132 Å². The molecule has 0 atom stereocenters. The Morgan fingerprint density at radius 2 is 2.14 bits per heavy atom. The summed E-state index contributed by atoms with van der Waals surface area (Å²) in [5.74, 6) is 0.275. The lowest BCUT2D eigenvalue weighted by atomic mass is 10.3. The number of hydrogen-bond acceptors (Lipinski definition) is 6. The third-order valence-electron chi connectivity index (χ3n) is 2.59. The number of hydrogen-bond donors (Lipinski definition) is 0. The molecule has 0 radical (unpaired) electrons. The fraction of sp³-hybridized carbons (Fsp3) is 0.154. The maximum Gasteiger partial charge on any atom is 0.273 e. The number of Topliss-reactive ketones (excluding diaryl/α,β-unsaturated/α-hetero) is 1. The zero-order chi connectivity index (χ0) is 15.4. The van der Waals surface area contributed by atoms with Crippen molar-refractivity contribution in [2.45, 2.75) is 0 Å². The monoisotopic (exact) mass is 371 g/mol. The highest BCUT2D eigenvalue weighted by molar-refractivity contribution is 9.10. The number of non-ortho nitro benzene ring substituents is 1. The van der Waals surface area contributed by atoms with Crippen LogP contribution in [0.5, 0.6) is 11.5 Å². The van der Waals surface area contributed by atoms with Crippen LogP contribution in [0.15, 0.2) is 34.1 Å². The number of ether oxygens (including phenoxy) is 2. The van der Waals surface area contributed by atoms with Crippen molar-refractivity contribution in [1.82, 2.24) is 0 Å². The molecule has 1 aromatic heterocycles. The van der Waals surface area contributed by atoms with Crippen LogP contribution in [0.1, 0.15) is 9.67 Å². The quantitative estimate of drug-likeness (QED) is 0.439. The van der Waals surface area contributed by atoms with E-state index in [0.29, 0.717) is 15.1 Å². The van der Waals surface area contributed by atoms with Crippen molar-refractivity contribution < 1.29 is 19.2 Å². The Morgan fingerprint density at radius 1 is 1.38 bits per heavy atom. The first-order valence-electron chi connectivity index (χ1n) is 5.74. The van der Waals surface area contributed by atoms with Gasteiger partial charge >= 0.3 is 0 Å². The van der Waals surface area contributed by atoms with E-state index in [1.807, 2.05) is 0 Å². The molecule has 0 saturated carbocycles. The van der Waals surface area contributed by atoms with Crippen molar-refractivity contribution in [3.8, 4) is 11.5 Å². The second kappa shape index (κ2) is 6.68. The summed E-state index contributed by atoms with van der Waals surface area (Å²) in [5, 5.41) is 12.5. The summed E-state index contributed by atoms with van der Waals surface area (Å²) in [6.45, 7) is -0.226. The second-order valence-electron chi connectivity index (χ2n) is 3.90. The lowest BCUT2D eigenvalue weighted by molar-refractivity contribution is -0.385. The highest BCUT2D eigenvalue weighted by Crippen LogP contribution is 2.31. The van der Waals surface area contributed by atoms with Gasteiger partial charge in [-0.3, -0.25) is 14.9 Å². The largest absolute Gasteiger partial charge is 0.493 e. The van der Waals surface area contributed by atoms with E-state index in [9.17, 15) is 14.9 Å². The van der Waals surface area contributed by atoms with Crippen molar-refractivity contribution in [1.29, 1.82) is 0 Å². The number of methoxy groups -OCH3 is 1. The van der Waals surface area contributed by atoms with Gasteiger partial charge in [-0.2, -0.15) is 0 Å². The SMILES string of the molecule is COc1ccc([N+](=O)[O-])cc1OCC(=O)c1sccc1Br. The van der Waals surface area contributed by atoms with Crippen LogP contribution in [0.2, 0.25) is 0 Å². The van der Waals surface area contributed by atoms with E-state index in [1.165, 1.54) is 36.6 Å². The third kappa shape index (κ3) is 3.59. The Bertz CT molecular complexity index is 685. The smallest absolute Gasteiger partial charge is 0.273 e. The average molecular weight is 372 g/mol. The molecule has 6 nitrogen and oxygen atoms in total. The molecule has 0 fully saturated rings. The maximum absolute atomic E-state index is 12.0. The molecule has 1 aromatic carbocycles. The van der Waals surface area contributed by atoms with Gasteiger partial charge in [0.15, 0.2) is 18.1 Å². The molecule has 0 saturated heterocycles. The first kappa shape index (κ1) is 15.5. The average Bonchev–Trinajstić information content (AvgIpc) is 2.90. The summed E-state index contributed by atoms with van der Waals surface area (Å²) < 4.78 is 11.1. The van der Waals surface area contributed by atoms with Gasteiger partial charge in [-0.05, 0) is 33.4 Å². The highest BCUT2D eigenvalue weighted by atomic mass is 79.9. The van der Waals surface area contributed by atoms with Gasteiger partial charge in [0, 0.05) is 10.5 Å². The van der Waals surface area contributed by atoms with Crippen LogP contribution in [-0.4, -0.2) is 24.4 Å². The van der Waals surface area contributed by atoms with Crippen molar-refractivity contribution in [3.05, 3.63) is 49.1 Å². The fourth-order valence-electron chi connectivity index (χ4n) is 1.59. The predicted molar refractivity (Wildman–Crippen MR) is 81.5 cm³/mol. The maximum atomic E-state index is 12.0. The summed E-state index contributed by atoms with van der Waals surface area (Å²) in [6.07, 6.45) is 0. The molecule has 110 valence electrons. The number of nitro benzene ring substituents is 1. The molecule has 0 unspecified atom stereocenters. The van der Waals surface area contributed by atoms with E-state index in [4.69, 9.17) is 9.47 Å². The molecule has 21 heavy (non-hydrogen) atoms. The van der Waals surface area contributed by atoms with E-state index in [2.05, 4.69) is 15.9 Å². The van der Waals surface area contributed by atoms with Gasteiger partial charge in [-0.1, -0.05) is 0 Å². The second-order valence-corrected chi connectivity index (χ2v) is 5.67. The van der Waals surface area contributed by atoms with Crippen LogP contribution < -0.4 is 9.47 Å². The molecule has 0 N–H and O–H groups in total. The molecular formula is C13H10BrNO5S. The molecule has 0 amide bonds. The van der Waals surface area contributed by atoms with Crippen molar-refractivity contribution in [2.24, 2.45) is 0 Å². The molecule has 2 rings (SSSR count). The van der Waals surface area contributed by atoms with Gasteiger partial charge in [0.2, 0.25) is 5.78 Å². The van der Waals surface area contributed by atoms with Crippen molar-refractivity contribution in [2.75, 3.05) is 13.7 Å². The third-order valence-corrected chi connectivity index (χ3v) is 4.47. The van der Waals surface area contributed by atoms with Crippen molar-refractivity contribution >= 4 is 38.7 Å². The number of benzene rings is 1. The van der Waals surface area contributed by atoms with Gasteiger partial charge in [0.05, 0.1) is 23.0 Å². The molecule has 0 bridgehead atoms. The van der Waals surface area contributed by atoms with Crippen LogP contribution in [0.4, 0.5) is 5.69 Å². The zero-order valence-electron chi connectivity index (χ0n) is 10.9. The number of carbonyl (C=O) groups is 1. The normalized spacial score (nSPS) is 10.2. The topological polar surface area (TPSA) is 78.7 Å². The number of carbonyl (C=O) groups excluding carboxylic acids is 1. The van der Waals surface area contributed by atoms with Gasteiger partial charge in [-0.25, -0.2) is 0 Å². The van der Waals surface area contributed by atoms with Gasteiger partial charge in [0.25, 0.3) is 5.69 Å². The summed E-state index contributed by atoms with van der Waals surface area (Å²) in [4.78, 5) is 22.8. The molecule has 8 heteroatoms. The van der Waals surface area contributed by atoms with E-state index < -0.39 is 4.92 Å². The van der Waals surface area contributed by atoms with Gasteiger partial charge in [-0.15, -0.1) is 11.3 Å². The Balaban J connectivity index is 2.15. The number of thiophene rings is 1. The van der Waals surface area contributed by atoms with Crippen LogP contribution in [0.3, 0.4) is 0 Å². The number of ketones is 1. The molecular weight excluding hydrogens is 362 g/mol. The first-order chi connectivity index (χ1) is 10.0. The van der Waals surface area contributed by atoms with Crippen LogP contribution in [0, 0.1) is 10.1 Å². The molecule has 1 heterocycles. The molecule has 0 spiro atoms. The van der Waals surface area contributed by atoms with Crippen LogP contribution in [0.25, 0.3) is 0 Å². The van der Waals surface area contributed by atoms with Crippen molar-refractivity contribution in [3.63, 3.8) is 0 Å². The minimum Gasteiger partial charge on any atom is -0.493 e. The van der Waals surface area contributed by atoms with E-state index in [0.717, 1.165) is 0 Å². The number of rotatable bonds is 6. The first-order valence-corrected chi connectivity index (χ1v) is 7.41. The number of nitro groups is 1. The Hall–Kier alpha value is -1.93. The van der Waals surface area contributed by atoms with E-state index in [1.54, 1.807) is 11.4 Å². The highest BCUT2D eigenvalue weighted by Gasteiger charge is 2.16. The molecule has 0 aliphatic rings. The minimum atomic E-state index is -0.538. The summed E-state index contributed by atoms with van der Waals surface area (Å²) >= 11 is 4.57. The fourth-order valence-corrected chi connectivity index (χ4v) is 3.11. The molecule has 0 aliphatic heterocycles. The standard InChI is InChI=1S/C13H10BrNO5S/c1-19-11-3-2-8(15(17)18)6-12(11)20-7-10(16)13-9(14)4-5-21-13/h2-6H,7H2,1H3. The zero-order valence-corrected chi connectivity index (χ0v) is 13.3. The van der Waals surface area contributed by atoms with Gasteiger partial charge in [0.1, 0.15) is 0 Å². The summed E-state index contributed by atoms with van der Waals surface area (Å²) in [5.41, 5.74) is -0.129. The van der Waals surface area contributed by atoms with Gasteiger partial charge < -0.3 is 9.47 Å². The number of nitrogens with zero attached hydrogens (tertiary/aromatic N) is 1. The lowest BCUT2D eigenvalue weighted by Crippen LogP contribution is -2.11. The minimum absolute atomic E-state index is 0.129. The Kier molecular flexibility index (Phi) is 4.92. The molecule has 0 aliphatic carbocycles.